The van der Waals surface area contributed by atoms with Gasteiger partial charge in [0.15, 0.2) is 0 Å². The maximum atomic E-state index is 12.9. The summed E-state index contributed by atoms with van der Waals surface area (Å²) in [7, 11) is 0. The SMILES string of the molecule is C=CC(=O)OC(N(F)F)(N(F)F)C(CCC)(N(F)F)N(F)F. The Morgan fingerprint density at radius 3 is 1.64 bits per heavy atom. The number of carbonyl (C=O) groups excluding carboxylic acids is 1. The first-order valence-corrected chi connectivity index (χ1v) is 5.37. The summed E-state index contributed by atoms with van der Waals surface area (Å²) in [4.78, 5) is 10.9. The number of carbonyl (C=O) groups is 1. The molecule has 0 aromatic rings. The minimum Gasteiger partial charge on any atom is -0.414 e. The zero-order chi connectivity index (χ0) is 17.7. The lowest BCUT2D eigenvalue weighted by molar-refractivity contribution is -0.540. The molecule has 0 aromatic carbocycles. The Morgan fingerprint density at radius 1 is 1.00 bits per heavy atom. The van der Waals surface area contributed by atoms with Crippen molar-refractivity contribution in [2.24, 2.45) is 0 Å². The number of hydrogen-bond acceptors (Lipinski definition) is 6. The number of ether oxygens (including phenoxy) is 1. The summed E-state index contributed by atoms with van der Waals surface area (Å²) in [6, 6.07) is 0. The molecule has 6 nitrogen and oxygen atoms in total. The summed E-state index contributed by atoms with van der Waals surface area (Å²) >= 11 is 0. The Bertz CT molecular complexity index is 378. The van der Waals surface area contributed by atoms with Gasteiger partial charge in [-0.05, 0) is 6.42 Å². The van der Waals surface area contributed by atoms with Crippen molar-refractivity contribution in [1.29, 1.82) is 0 Å². The Kier molecular flexibility index (Phi) is 7.14. The zero-order valence-corrected chi connectivity index (χ0v) is 10.8. The van der Waals surface area contributed by atoms with E-state index < -0.39 is 51.7 Å². The fourth-order valence-electron chi connectivity index (χ4n) is 1.62. The Balaban J connectivity index is 6.49. The van der Waals surface area contributed by atoms with Crippen LogP contribution in [0.15, 0.2) is 12.7 Å². The second kappa shape index (κ2) is 7.66. The van der Waals surface area contributed by atoms with Crippen molar-refractivity contribution in [3.05, 3.63) is 12.7 Å². The topological polar surface area (TPSA) is 39.3 Å². The molecule has 0 unspecified atom stereocenters. The quantitative estimate of drug-likeness (QED) is 0.210. The van der Waals surface area contributed by atoms with Gasteiger partial charge >= 0.3 is 11.8 Å². The molecule has 0 atom stereocenters. The summed E-state index contributed by atoms with van der Waals surface area (Å²) in [5.74, 6) is -7.20. The van der Waals surface area contributed by atoms with Gasteiger partial charge in [0, 0.05) is 6.08 Å². The molecule has 0 spiro atoms. The highest BCUT2D eigenvalue weighted by Gasteiger charge is 2.76. The van der Waals surface area contributed by atoms with Crippen LogP contribution in [-0.4, -0.2) is 38.9 Å². The minimum absolute atomic E-state index is 0.0556. The molecule has 0 radical (unpaired) electrons. The standard InChI is InChI=1S/C8H10F8N4O2/c1-3-5-7(17(9)10,18(11)12)8(19(13)14,20(15)16)22-6(21)4-2/h4H,2-3,5H2,1H3. The van der Waals surface area contributed by atoms with Crippen molar-refractivity contribution >= 4 is 5.97 Å². The Labute approximate surface area is 118 Å². The van der Waals surface area contributed by atoms with E-state index in [0.717, 1.165) is 6.92 Å². The maximum absolute atomic E-state index is 12.9. The molecule has 0 saturated heterocycles. The van der Waals surface area contributed by atoms with Crippen LogP contribution < -0.4 is 0 Å². The first kappa shape index (κ1) is 20.5. The van der Waals surface area contributed by atoms with Gasteiger partial charge in [0.05, 0.1) is 21.4 Å². The predicted octanol–water partition coefficient (Wildman–Crippen LogP) is 3.15. The summed E-state index contributed by atoms with van der Waals surface area (Å²) < 4.78 is 107. The Morgan fingerprint density at radius 2 is 1.41 bits per heavy atom. The van der Waals surface area contributed by atoms with Gasteiger partial charge in [0.2, 0.25) is 0 Å². The summed E-state index contributed by atoms with van der Waals surface area (Å²) in [5, 5.41) is -10.7. The number of hydrogen-bond donors (Lipinski definition) is 0. The van der Waals surface area contributed by atoms with E-state index in [2.05, 4.69) is 11.3 Å². The average molecular weight is 346 g/mol. The van der Waals surface area contributed by atoms with Crippen molar-refractivity contribution < 1.29 is 45.4 Å². The fraction of sp³-hybridized carbons (Fsp3) is 0.625. The monoisotopic (exact) mass is 346 g/mol. The summed E-state index contributed by atoms with van der Waals surface area (Å²) in [6.45, 7) is 3.65. The van der Waals surface area contributed by atoms with Crippen LogP contribution in [-0.2, 0) is 9.53 Å². The molecule has 14 heteroatoms. The number of halogens is 8. The van der Waals surface area contributed by atoms with E-state index in [1.807, 2.05) is 0 Å². The van der Waals surface area contributed by atoms with Crippen molar-refractivity contribution in [3.63, 3.8) is 0 Å². The highest BCUT2D eigenvalue weighted by molar-refractivity contribution is 5.81. The molecule has 0 aromatic heterocycles. The van der Waals surface area contributed by atoms with Gasteiger partial charge in [-0.25, -0.2) is 4.79 Å². The second-order valence-corrected chi connectivity index (χ2v) is 3.73. The van der Waals surface area contributed by atoms with E-state index in [1.54, 1.807) is 0 Å². The molecule has 0 amide bonds. The summed E-state index contributed by atoms with van der Waals surface area (Å²) in [6.07, 6.45) is -2.25. The van der Waals surface area contributed by atoms with Gasteiger partial charge in [0.25, 0.3) is 5.66 Å². The number of esters is 1. The van der Waals surface area contributed by atoms with Crippen LogP contribution in [0.25, 0.3) is 0 Å². The van der Waals surface area contributed by atoms with E-state index >= 15 is 0 Å². The van der Waals surface area contributed by atoms with Gasteiger partial charge in [-0.15, -0.1) is 0 Å². The van der Waals surface area contributed by atoms with Crippen LogP contribution in [0, 0.1) is 0 Å². The van der Waals surface area contributed by atoms with Crippen molar-refractivity contribution in [2.45, 2.75) is 31.3 Å². The molecular weight excluding hydrogens is 336 g/mol. The van der Waals surface area contributed by atoms with Gasteiger partial charge in [-0.1, -0.05) is 55.8 Å². The third kappa shape index (κ3) is 3.13. The summed E-state index contributed by atoms with van der Waals surface area (Å²) in [5.41, 5.74) is -4.70. The molecule has 0 fully saturated rings. The maximum Gasteiger partial charge on any atom is 0.378 e. The van der Waals surface area contributed by atoms with Crippen LogP contribution in [0.1, 0.15) is 19.8 Å². The van der Waals surface area contributed by atoms with E-state index in [4.69, 9.17) is 0 Å². The molecule has 0 rings (SSSR count). The van der Waals surface area contributed by atoms with E-state index in [-0.39, 0.29) is 6.08 Å². The fourth-order valence-corrected chi connectivity index (χ4v) is 1.62. The van der Waals surface area contributed by atoms with Crippen LogP contribution in [0.3, 0.4) is 0 Å². The second-order valence-electron chi connectivity index (χ2n) is 3.73. The minimum atomic E-state index is -5.14. The highest BCUT2D eigenvalue weighted by atomic mass is 19.4. The highest BCUT2D eigenvalue weighted by Crippen LogP contribution is 2.46. The smallest absolute Gasteiger partial charge is 0.378 e. The van der Waals surface area contributed by atoms with Crippen molar-refractivity contribution in [1.82, 2.24) is 21.4 Å². The molecule has 22 heavy (non-hydrogen) atoms. The van der Waals surface area contributed by atoms with E-state index in [1.165, 1.54) is 0 Å². The first-order chi connectivity index (χ1) is 10.0. The number of rotatable bonds is 9. The third-order valence-electron chi connectivity index (χ3n) is 2.55. The molecule has 0 bridgehead atoms. The van der Waals surface area contributed by atoms with Crippen molar-refractivity contribution in [2.75, 3.05) is 0 Å². The number of nitrogens with zero attached hydrogens (tertiary/aromatic N) is 4. The zero-order valence-electron chi connectivity index (χ0n) is 10.8. The largest absolute Gasteiger partial charge is 0.414 e. The lowest BCUT2D eigenvalue weighted by Gasteiger charge is -2.45. The van der Waals surface area contributed by atoms with Crippen LogP contribution in [0.2, 0.25) is 0 Å². The van der Waals surface area contributed by atoms with Crippen LogP contribution in [0.4, 0.5) is 35.9 Å². The normalized spacial score (nSPS) is 13.3. The molecule has 0 saturated carbocycles. The molecule has 0 aliphatic heterocycles. The van der Waals surface area contributed by atoms with Crippen LogP contribution in [0.5, 0.6) is 0 Å². The lowest BCUT2D eigenvalue weighted by atomic mass is 9.99. The van der Waals surface area contributed by atoms with Gasteiger partial charge in [0.1, 0.15) is 0 Å². The van der Waals surface area contributed by atoms with Gasteiger partial charge < -0.3 is 4.74 Å². The Hall–Kier alpha value is -1.51. The van der Waals surface area contributed by atoms with E-state index in [0.29, 0.717) is 0 Å². The van der Waals surface area contributed by atoms with Gasteiger partial charge in [-0.3, -0.25) is 0 Å². The molecule has 0 heterocycles. The molecule has 0 N–H and O–H groups in total. The lowest BCUT2D eigenvalue weighted by Crippen LogP contribution is -2.75. The molecule has 0 aliphatic rings. The third-order valence-corrected chi connectivity index (χ3v) is 2.55. The van der Waals surface area contributed by atoms with Crippen LogP contribution >= 0.6 is 0 Å². The first-order valence-electron chi connectivity index (χ1n) is 5.37. The van der Waals surface area contributed by atoms with E-state index in [9.17, 15) is 40.6 Å². The predicted molar refractivity (Wildman–Crippen MR) is 52.9 cm³/mol. The molecule has 130 valence electrons. The molecule has 0 aliphatic carbocycles. The molecular formula is C8H10F8N4O2. The average Bonchev–Trinajstić information content (AvgIpc) is 2.40. The van der Waals surface area contributed by atoms with Crippen molar-refractivity contribution in [3.8, 4) is 0 Å². The van der Waals surface area contributed by atoms with Gasteiger partial charge in [-0.2, -0.15) is 0 Å².